The van der Waals surface area contributed by atoms with E-state index in [0.29, 0.717) is 10.9 Å². The van der Waals surface area contributed by atoms with Gasteiger partial charge in [-0.05, 0) is 24.3 Å². The summed E-state index contributed by atoms with van der Waals surface area (Å²) in [6.07, 6.45) is 0. The number of nitrogens with zero attached hydrogens (tertiary/aromatic N) is 1. The summed E-state index contributed by atoms with van der Waals surface area (Å²) in [7, 11) is 1.38. The van der Waals surface area contributed by atoms with Gasteiger partial charge in [0.2, 0.25) is 5.56 Å². The summed E-state index contributed by atoms with van der Waals surface area (Å²) in [5, 5.41) is 3.01. The van der Waals surface area contributed by atoms with Crippen LogP contribution >= 0.6 is 0 Å². The molecule has 0 unspecified atom stereocenters. The first kappa shape index (κ1) is 19.1. The molecule has 30 heavy (non-hydrogen) atoms. The first-order valence-electron chi connectivity index (χ1n) is 8.90. The number of hydrogen-bond acceptors (Lipinski definition) is 6. The molecule has 9 heteroatoms. The average molecular weight is 405 g/mol. The van der Waals surface area contributed by atoms with E-state index in [0.717, 1.165) is 11.0 Å². The minimum atomic E-state index is -0.816. The van der Waals surface area contributed by atoms with Crippen LogP contribution in [0.2, 0.25) is 0 Å². The predicted molar refractivity (Wildman–Crippen MR) is 106 cm³/mol. The van der Waals surface area contributed by atoms with E-state index < -0.39 is 35.9 Å². The quantitative estimate of drug-likeness (QED) is 0.501. The van der Waals surface area contributed by atoms with Crippen molar-refractivity contribution < 1.29 is 23.9 Å². The summed E-state index contributed by atoms with van der Waals surface area (Å²) in [5.74, 6) is -2.32. The van der Waals surface area contributed by atoms with Crippen molar-refractivity contribution in [3.05, 3.63) is 75.6 Å². The topological polar surface area (TPSA) is 126 Å². The minimum Gasteiger partial charge on any atom is -0.452 e. The zero-order chi connectivity index (χ0) is 21.4. The normalized spacial score (nSPS) is 12.8. The van der Waals surface area contributed by atoms with Crippen molar-refractivity contribution >= 4 is 40.3 Å². The molecule has 0 radical (unpaired) electrons. The van der Waals surface area contributed by atoms with Crippen molar-refractivity contribution in [3.63, 3.8) is 0 Å². The highest BCUT2D eigenvalue weighted by Crippen LogP contribution is 2.24. The highest BCUT2D eigenvalue weighted by Gasteiger charge is 2.32. The zero-order valence-electron chi connectivity index (χ0n) is 15.7. The number of H-pyrrole nitrogens is 1. The molecule has 1 aliphatic heterocycles. The Labute approximate surface area is 169 Å². The summed E-state index contributed by atoms with van der Waals surface area (Å²) < 4.78 is 5.04. The molecule has 2 N–H and O–H groups in total. The van der Waals surface area contributed by atoms with E-state index in [-0.39, 0.29) is 22.4 Å². The monoisotopic (exact) mass is 405 g/mol. The van der Waals surface area contributed by atoms with Gasteiger partial charge in [0.05, 0.1) is 16.7 Å². The molecule has 0 aliphatic carbocycles. The van der Waals surface area contributed by atoms with Gasteiger partial charge in [-0.15, -0.1) is 0 Å². The fourth-order valence-electron chi connectivity index (χ4n) is 3.22. The van der Waals surface area contributed by atoms with Gasteiger partial charge < -0.3 is 15.0 Å². The Balaban J connectivity index is 1.45. The molecule has 0 bridgehead atoms. The van der Waals surface area contributed by atoms with Crippen LogP contribution in [0.25, 0.3) is 10.9 Å². The second kappa shape index (κ2) is 7.28. The van der Waals surface area contributed by atoms with Crippen LogP contribution in [0, 0.1) is 0 Å². The fourth-order valence-corrected chi connectivity index (χ4v) is 3.22. The molecule has 0 saturated carbocycles. The Hall–Kier alpha value is -4.27. The van der Waals surface area contributed by atoms with Crippen molar-refractivity contribution in [2.45, 2.75) is 0 Å². The summed E-state index contributed by atoms with van der Waals surface area (Å²) in [6, 6.07) is 12.2. The third kappa shape index (κ3) is 3.32. The van der Waals surface area contributed by atoms with Crippen molar-refractivity contribution in [2.24, 2.45) is 0 Å². The first-order chi connectivity index (χ1) is 14.3. The standard InChI is InChI=1S/C21H15N3O6/c1-24-19(27)13-7-6-11(8-14(13)20(24)28)22-18(26)10-30-21(29)15-9-17(25)23-16-5-3-2-4-12(15)16/h2-9H,10H2,1H3,(H,22,26)(H,23,25). The maximum atomic E-state index is 12.4. The third-order valence-corrected chi connectivity index (χ3v) is 4.68. The number of hydrogen-bond donors (Lipinski definition) is 2. The second-order valence-corrected chi connectivity index (χ2v) is 6.65. The summed E-state index contributed by atoms with van der Waals surface area (Å²) in [6.45, 7) is -0.593. The van der Waals surface area contributed by atoms with Gasteiger partial charge in [-0.25, -0.2) is 4.79 Å². The van der Waals surface area contributed by atoms with Crippen LogP contribution in [0.1, 0.15) is 31.1 Å². The Morgan fingerprint density at radius 3 is 2.53 bits per heavy atom. The SMILES string of the molecule is CN1C(=O)c2ccc(NC(=O)COC(=O)c3cc(=O)[nH]c4ccccc34)cc2C1=O. The number of aromatic amines is 1. The van der Waals surface area contributed by atoms with Crippen molar-refractivity contribution in [1.29, 1.82) is 0 Å². The van der Waals surface area contributed by atoms with Gasteiger partial charge in [-0.1, -0.05) is 18.2 Å². The molecule has 1 aliphatic rings. The lowest BCUT2D eigenvalue weighted by Crippen LogP contribution is -2.24. The maximum Gasteiger partial charge on any atom is 0.339 e. The number of fused-ring (bicyclic) bond motifs is 2. The van der Waals surface area contributed by atoms with E-state index in [9.17, 15) is 24.0 Å². The van der Waals surface area contributed by atoms with Gasteiger partial charge >= 0.3 is 5.97 Å². The van der Waals surface area contributed by atoms with Crippen LogP contribution in [0.15, 0.2) is 53.3 Å². The maximum absolute atomic E-state index is 12.4. The Morgan fingerprint density at radius 1 is 1.00 bits per heavy atom. The zero-order valence-corrected chi connectivity index (χ0v) is 15.7. The van der Waals surface area contributed by atoms with E-state index >= 15 is 0 Å². The largest absolute Gasteiger partial charge is 0.452 e. The molecule has 0 fully saturated rings. The van der Waals surface area contributed by atoms with E-state index in [1.54, 1.807) is 24.3 Å². The number of esters is 1. The molecule has 3 amide bonds. The summed E-state index contributed by atoms with van der Waals surface area (Å²) in [5.41, 5.74) is 0.788. The van der Waals surface area contributed by atoms with Gasteiger partial charge in [0.15, 0.2) is 6.61 Å². The number of carbonyl (C=O) groups is 4. The fraction of sp³-hybridized carbons (Fsp3) is 0.0952. The molecule has 4 rings (SSSR count). The molecular weight excluding hydrogens is 390 g/mol. The van der Waals surface area contributed by atoms with Gasteiger partial charge in [0, 0.05) is 29.7 Å². The number of anilines is 1. The molecule has 150 valence electrons. The molecule has 0 spiro atoms. The Kier molecular flexibility index (Phi) is 4.63. The number of amides is 3. The van der Waals surface area contributed by atoms with Crippen LogP contribution in [-0.4, -0.2) is 47.2 Å². The number of aromatic nitrogens is 1. The second-order valence-electron chi connectivity index (χ2n) is 6.65. The number of para-hydroxylation sites is 1. The van der Waals surface area contributed by atoms with E-state index in [1.165, 1.54) is 25.2 Å². The number of benzene rings is 2. The van der Waals surface area contributed by atoms with Crippen LogP contribution in [0.4, 0.5) is 5.69 Å². The average Bonchev–Trinajstić information content (AvgIpc) is 2.95. The van der Waals surface area contributed by atoms with Gasteiger partial charge in [-0.2, -0.15) is 0 Å². The predicted octanol–water partition coefficient (Wildman–Crippen LogP) is 1.55. The number of rotatable bonds is 4. The number of carbonyl (C=O) groups excluding carboxylic acids is 4. The molecule has 2 heterocycles. The number of ether oxygens (including phenoxy) is 1. The van der Waals surface area contributed by atoms with Crippen LogP contribution in [0.3, 0.4) is 0 Å². The molecule has 0 saturated heterocycles. The summed E-state index contributed by atoms with van der Waals surface area (Å²) >= 11 is 0. The number of pyridine rings is 1. The first-order valence-corrected chi connectivity index (χ1v) is 8.90. The van der Waals surface area contributed by atoms with Crippen LogP contribution < -0.4 is 10.9 Å². The third-order valence-electron chi connectivity index (χ3n) is 4.68. The summed E-state index contributed by atoms with van der Waals surface area (Å²) in [4.78, 5) is 63.9. The van der Waals surface area contributed by atoms with E-state index in [4.69, 9.17) is 4.74 Å². The Bertz CT molecular complexity index is 1290. The highest BCUT2D eigenvalue weighted by atomic mass is 16.5. The molecule has 0 atom stereocenters. The van der Waals surface area contributed by atoms with Crippen molar-refractivity contribution in [1.82, 2.24) is 9.88 Å². The minimum absolute atomic E-state index is 0.0480. The van der Waals surface area contributed by atoms with Gasteiger partial charge in [-0.3, -0.25) is 24.1 Å². The van der Waals surface area contributed by atoms with Crippen LogP contribution in [0.5, 0.6) is 0 Å². The van der Waals surface area contributed by atoms with E-state index in [1.807, 2.05) is 0 Å². The molecule has 2 aromatic carbocycles. The lowest BCUT2D eigenvalue weighted by Gasteiger charge is -2.09. The van der Waals surface area contributed by atoms with E-state index in [2.05, 4.69) is 10.3 Å². The highest BCUT2D eigenvalue weighted by molar-refractivity contribution is 6.21. The van der Waals surface area contributed by atoms with Crippen molar-refractivity contribution in [2.75, 3.05) is 19.0 Å². The molecule has 1 aromatic heterocycles. The molecular formula is C21H15N3O6. The number of imide groups is 1. The number of nitrogens with one attached hydrogen (secondary N) is 2. The van der Waals surface area contributed by atoms with Crippen LogP contribution in [-0.2, 0) is 9.53 Å². The lowest BCUT2D eigenvalue weighted by molar-refractivity contribution is -0.119. The molecule has 9 nitrogen and oxygen atoms in total. The molecule has 3 aromatic rings. The van der Waals surface area contributed by atoms with Gasteiger partial charge in [0.1, 0.15) is 0 Å². The van der Waals surface area contributed by atoms with Gasteiger partial charge in [0.25, 0.3) is 17.7 Å². The Morgan fingerprint density at radius 2 is 1.73 bits per heavy atom. The lowest BCUT2D eigenvalue weighted by atomic mass is 10.1. The smallest absolute Gasteiger partial charge is 0.339 e. The van der Waals surface area contributed by atoms with Crippen molar-refractivity contribution in [3.8, 4) is 0 Å².